The molecule has 0 radical (unpaired) electrons. The molecule has 3 rings (SSSR count). The highest BCUT2D eigenvalue weighted by Crippen LogP contribution is 2.28. The van der Waals surface area contributed by atoms with Crippen molar-refractivity contribution in [3.05, 3.63) is 70.2 Å². The SMILES string of the molecule is Cc1c(C(=O)NCC(c2cccc(F)c2)N(C)C)oc2ccc(Cl)cc12. The molecule has 1 amide bonds. The van der Waals surface area contributed by atoms with Gasteiger partial charge in [-0.15, -0.1) is 0 Å². The van der Waals surface area contributed by atoms with E-state index in [0.29, 0.717) is 17.2 Å². The molecule has 0 aliphatic carbocycles. The first-order valence-electron chi connectivity index (χ1n) is 8.25. The molecule has 1 atom stereocenters. The monoisotopic (exact) mass is 374 g/mol. The third-order valence-electron chi connectivity index (χ3n) is 4.42. The molecule has 2 aromatic carbocycles. The van der Waals surface area contributed by atoms with Crippen LogP contribution in [0.1, 0.15) is 27.7 Å². The zero-order valence-corrected chi connectivity index (χ0v) is 15.6. The van der Waals surface area contributed by atoms with Crippen molar-refractivity contribution >= 4 is 28.5 Å². The van der Waals surface area contributed by atoms with E-state index >= 15 is 0 Å². The lowest BCUT2D eigenvalue weighted by Crippen LogP contribution is -2.34. The van der Waals surface area contributed by atoms with E-state index in [0.717, 1.165) is 16.5 Å². The first-order valence-corrected chi connectivity index (χ1v) is 8.63. The summed E-state index contributed by atoms with van der Waals surface area (Å²) in [7, 11) is 3.77. The van der Waals surface area contributed by atoms with Gasteiger partial charge >= 0.3 is 0 Å². The summed E-state index contributed by atoms with van der Waals surface area (Å²) in [5.74, 6) is -0.345. The van der Waals surface area contributed by atoms with E-state index in [-0.39, 0.29) is 23.5 Å². The Bertz CT molecular complexity index is 952. The third-order valence-corrected chi connectivity index (χ3v) is 4.65. The van der Waals surface area contributed by atoms with Gasteiger partial charge in [0.05, 0.1) is 6.04 Å². The van der Waals surface area contributed by atoms with Crippen molar-refractivity contribution < 1.29 is 13.6 Å². The number of fused-ring (bicyclic) bond motifs is 1. The second-order valence-corrected chi connectivity index (χ2v) is 6.88. The number of hydrogen-bond acceptors (Lipinski definition) is 3. The number of furan rings is 1. The van der Waals surface area contributed by atoms with Crippen molar-refractivity contribution in [1.82, 2.24) is 10.2 Å². The number of aryl methyl sites for hydroxylation is 1. The fraction of sp³-hybridized carbons (Fsp3) is 0.250. The number of carbonyl (C=O) groups excluding carboxylic acids is 1. The minimum Gasteiger partial charge on any atom is -0.451 e. The van der Waals surface area contributed by atoms with Gasteiger partial charge < -0.3 is 14.6 Å². The molecular formula is C20H20ClFN2O2. The van der Waals surface area contributed by atoms with Crippen molar-refractivity contribution in [2.24, 2.45) is 0 Å². The van der Waals surface area contributed by atoms with E-state index in [1.54, 1.807) is 24.3 Å². The smallest absolute Gasteiger partial charge is 0.287 e. The van der Waals surface area contributed by atoms with Crippen LogP contribution in [-0.2, 0) is 0 Å². The van der Waals surface area contributed by atoms with Crippen LogP contribution in [0.4, 0.5) is 4.39 Å². The predicted octanol–water partition coefficient (Wildman–Crippen LogP) is 4.57. The maximum atomic E-state index is 13.5. The number of nitrogens with zero attached hydrogens (tertiary/aromatic N) is 1. The first-order chi connectivity index (χ1) is 12.4. The van der Waals surface area contributed by atoms with Gasteiger partial charge in [0.1, 0.15) is 11.4 Å². The van der Waals surface area contributed by atoms with Crippen LogP contribution in [-0.4, -0.2) is 31.4 Å². The van der Waals surface area contributed by atoms with Crippen LogP contribution in [0, 0.1) is 12.7 Å². The quantitative estimate of drug-likeness (QED) is 0.711. The van der Waals surface area contributed by atoms with Crippen molar-refractivity contribution in [2.75, 3.05) is 20.6 Å². The summed E-state index contributed by atoms with van der Waals surface area (Å²) in [6.45, 7) is 2.15. The van der Waals surface area contributed by atoms with Crippen molar-refractivity contribution in [1.29, 1.82) is 0 Å². The Morgan fingerprint density at radius 2 is 2.04 bits per heavy atom. The van der Waals surface area contributed by atoms with Gasteiger partial charge in [0.2, 0.25) is 0 Å². The number of benzene rings is 2. The number of hydrogen-bond donors (Lipinski definition) is 1. The first kappa shape index (κ1) is 18.4. The molecule has 3 aromatic rings. The van der Waals surface area contributed by atoms with E-state index < -0.39 is 0 Å². The largest absolute Gasteiger partial charge is 0.451 e. The Labute approximate surface area is 156 Å². The van der Waals surface area contributed by atoms with Crippen LogP contribution in [0.25, 0.3) is 11.0 Å². The molecule has 0 bridgehead atoms. The number of likely N-dealkylation sites (N-methyl/N-ethyl adjacent to an activating group) is 1. The summed E-state index contributed by atoms with van der Waals surface area (Å²) in [6, 6.07) is 11.5. The van der Waals surface area contributed by atoms with Gasteiger partial charge in [-0.05, 0) is 56.9 Å². The van der Waals surface area contributed by atoms with Gasteiger partial charge in [-0.3, -0.25) is 4.79 Å². The zero-order valence-electron chi connectivity index (χ0n) is 14.8. The average molecular weight is 375 g/mol. The number of carbonyl (C=O) groups is 1. The minimum atomic E-state index is -0.307. The molecule has 1 aromatic heterocycles. The molecule has 0 aliphatic rings. The summed E-state index contributed by atoms with van der Waals surface area (Å²) in [5, 5.41) is 4.29. The summed E-state index contributed by atoms with van der Waals surface area (Å²) in [5.41, 5.74) is 2.15. The van der Waals surface area contributed by atoms with E-state index in [2.05, 4.69) is 5.32 Å². The lowest BCUT2D eigenvalue weighted by Gasteiger charge is -2.25. The second-order valence-electron chi connectivity index (χ2n) is 6.44. The Hall–Kier alpha value is -2.37. The zero-order chi connectivity index (χ0) is 18.8. The van der Waals surface area contributed by atoms with Crippen LogP contribution >= 0.6 is 11.6 Å². The highest BCUT2D eigenvalue weighted by atomic mass is 35.5. The summed E-state index contributed by atoms with van der Waals surface area (Å²) < 4.78 is 19.2. The van der Waals surface area contributed by atoms with Crippen molar-refractivity contribution in [3.8, 4) is 0 Å². The van der Waals surface area contributed by atoms with Gasteiger partial charge in [-0.25, -0.2) is 4.39 Å². The molecule has 4 nitrogen and oxygen atoms in total. The Morgan fingerprint density at radius 3 is 2.73 bits per heavy atom. The highest BCUT2D eigenvalue weighted by molar-refractivity contribution is 6.31. The van der Waals surface area contributed by atoms with Gasteiger partial charge in [0.15, 0.2) is 5.76 Å². The van der Waals surface area contributed by atoms with Crippen molar-refractivity contribution in [2.45, 2.75) is 13.0 Å². The van der Waals surface area contributed by atoms with Crippen molar-refractivity contribution in [3.63, 3.8) is 0 Å². The molecule has 0 spiro atoms. The molecular weight excluding hydrogens is 355 g/mol. The molecule has 0 fully saturated rings. The standard InChI is InChI=1S/C20H20ClFN2O2/c1-12-16-10-14(21)7-8-18(16)26-19(12)20(25)23-11-17(24(2)3)13-5-4-6-15(22)9-13/h4-10,17H,11H2,1-3H3,(H,23,25). The summed E-state index contributed by atoms with van der Waals surface area (Å²) >= 11 is 6.02. The summed E-state index contributed by atoms with van der Waals surface area (Å²) in [6.07, 6.45) is 0. The molecule has 0 saturated carbocycles. The topological polar surface area (TPSA) is 45.5 Å². The van der Waals surface area contributed by atoms with Gasteiger partial charge in [0, 0.05) is 22.5 Å². The fourth-order valence-corrected chi connectivity index (χ4v) is 3.16. The molecule has 6 heteroatoms. The molecule has 0 aliphatic heterocycles. The number of nitrogens with one attached hydrogen (secondary N) is 1. The average Bonchev–Trinajstić information content (AvgIpc) is 2.91. The second kappa shape index (κ2) is 7.48. The predicted molar refractivity (Wildman–Crippen MR) is 101 cm³/mol. The number of halogens is 2. The molecule has 136 valence electrons. The van der Waals surface area contributed by atoms with E-state index in [4.69, 9.17) is 16.0 Å². The third kappa shape index (κ3) is 3.74. The van der Waals surface area contributed by atoms with Crippen LogP contribution in [0.2, 0.25) is 5.02 Å². The Morgan fingerprint density at radius 1 is 1.27 bits per heavy atom. The maximum absolute atomic E-state index is 13.5. The van der Waals surface area contributed by atoms with Crippen LogP contribution in [0.3, 0.4) is 0 Å². The maximum Gasteiger partial charge on any atom is 0.287 e. The van der Waals surface area contributed by atoms with Crippen LogP contribution < -0.4 is 5.32 Å². The molecule has 1 heterocycles. The summed E-state index contributed by atoms with van der Waals surface area (Å²) in [4.78, 5) is 14.5. The van der Waals surface area contributed by atoms with Gasteiger partial charge in [-0.2, -0.15) is 0 Å². The number of amides is 1. The van der Waals surface area contributed by atoms with Gasteiger partial charge in [0.25, 0.3) is 5.91 Å². The molecule has 26 heavy (non-hydrogen) atoms. The van der Waals surface area contributed by atoms with E-state index in [9.17, 15) is 9.18 Å². The fourth-order valence-electron chi connectivity index (χ4n) is 2.99. The van der Waals surface area contributed by atoms with Gasteiger partial charge in [-0.1, -0.05) is 23.7 Å². The molecule has 1 N–H and O–H groups in total. The van der Waals surface area contributed by atoms with Crippen LogP contribution in [0.5, 0.6) is 0 Å². The van der Waals surface area contributed by atoms with E-state index in [1.807, 2.05) is 32.0 Å². The van der Waals surface area contributed by atoms with Crippen LogP contribution in [0.15, 0.2) is 46.9 Å². The highest BCUT2D eigenvalue weighted by Gasteiger charge is 2.21. The lowest BCUT2D eigenvalue weighted by atomic mass is 10.1. The molecule has 1 unspecified atom stereocenters. The minimum absolute atomic E-state index is 0.159. The Balaban J connectivity index is 1.80. The van der Waals surface area contributed by atoms with E-state index in [1.165, 1.54) is 12.1 Å². The number of rotatable bonds is 5. The molecule has 0 saturated heterocycles. The Kier molecular flexibility index (Phi) is 5.30. The normalized spacial score (nSPS) is 12.5. The lowest BCUT2D eigenvalue weighted by molar-refractivity contribution is 0.0915.